The van der Waals surface area contributed by atoms with Crippen molar-refractivity contribution in [3.8, 4) is 0 Å². The SMILES string of the molecule is CCOC(=O)Cc1cc(NC2CCC(C(C)(C)C)CC2)ncn1. The number of ether oxygens (including phenoxy) is 1. The van der Waals surface area contributed by atoms with Crippen LogP contribution in [0.3, 0.4) is 0 Å². The molecule has 1 saturated carbocycles. The predicted molar refractivity (Wildman–Crippen MR) is 91.2 cm³/mol. The number of esters is 1. The number of rotatable bonds is 5. The molecule has 23 heavy (non-hydrogen) atoms. The van der Waals surface area contributed by atoms with E-state index in [0.29, 0.717) is 23.8 Å². The predicted octanol–water partition coefficient (Wildman–Crippen LogP) is 3.60. The second-order valence-electron chi connectivity index (χ2n) is 7.44. The van der Waals surface area contributed by atoms with Crippen molar-refractivity contribution in [1.29, 1.82) is 0 Å². The van der Waals surface area contributed by atoms with E-state index in [2.05, 4.69) is 36.1 Å². The summed E-state index contributed by atoms with van der Waals surface area (Å²) < 4.78 is 4.96. The molecule has 0 amide bonds. The molecule has 0 saturated heterocycles. The Bertz CT molecular complexity index is 517. The van der Waals surface area contributed by atoms with Gasteiger partial charge in [0.2, 0.25) is 0 Å². The highest BCUT2D eigenvalue weighted by atomic mass is 16.5. The third-order valence-electron chi connectivity index (χ3n) is 4.66. The number of anilines is 1. The minimum absolute atomic E-state index is 0.196. The first kappa shape index (κ1) is 17.7. The van der Waals surface area contributed by atoms with Crippen LogP contribution < -0.4 is 5.32 Å². The summed E-state index contributed by atoms with van der Waals surface area (Å²) in [6.07, 6.45) is 6.54. The molecule has 1 N–H and O–H groups in total. The number of carbonyl (C=O) groups excluding carboxylic acids is 1. The Kier molecular flexibility index (Phi) is 5.97. The summed E-state index contributed by atoms with van der Waals surface area (Å²) in [6.45, 7) is 9.19. The van der Waals surface area contributed by atoms with E-state index in [1.54, 1.807) is 6.92 Å². The molecule has 0 aromatic carbocycles. The lowest BCUT2D eigenvalue weighted by atomic mass is 9.71. The molecule has 1 fully saturated rings. The van der Waals surface area contributed by atoms with Crippen molar-refractivity contribution in [2.45, 2.75) is 65.8 Å². The highest BCUT2D eigenvalue weighted by molar-refractivity contribution is 5.72. The first-order valence-corrected chi connectivity index (χ1v) is 8.61. The molecule has 0 spiro atoms. The maximum Gasteiger partial charge on any atom is 0.311 e. The van der Waals surface area contributed by atoms with Gasteiger partial charge in [-0.05, 0) is 43.9 Å². The van der Waals surface area contributed by atoms with Crippen LogP contribution in [-0.4, -0.2) is 28.6 Å². The zero-order chi connectivity index (χ0) is 16.9. The number of aromatic nitrogens is 2. The van der Waals surface area contributed by atoms with Crippen LogP contribution in [0.2, 0.25) is 0 Å². The highest BCUT2D eigenvalue weighted by Crippen LogP contribution is 2.38. The van der Waals surface area contributed by atoms with Crippen LogP contribution in [0.4, 0.5) is 5.82 Å². The molecule has 1 aliphatic rings. The van der Waals surface area contributed by atoms with Crippen LogP contribution in [0.5, 0.6) is 0 Å². The van der Waals surface area contributed by atoms with Gasteiger partial charge in [0, 0.05) is 12.1 Å². The number of carbonyl (C=O) groups is 1. The van der Waals surface area contributed by atoms with Gasteiger partial charge in [-0.2, -0.15) is 0 Å². The molecule has 0 atom stereocenters. The van der Waals surface area contributed by atoms with Crippen LogP contribution in [-0.2, 0) is 16.0 Å². The fourth-order valence-corrected chi connectivity index (χ4v) is 3.25. The highest BCUT2D eigenvalue weighted by Gasteiger charge is 2.29. The topological polar surface area (TPSA) is 64.1 Å². The Morgan fingerprint density at radius 2 is 1.96 bits per heavy atom. The van der Waals surface area contributed by atoms with E-state index in [9.17, 15) is 4.79 Å². The monoisotopic (exact) mass is 319 g/mol. The second kappa shape index (κ2) is 7.75. The quantitative estimate of drug-likeness (QED) is 0.840. The number of nitrogens with zero attached hydrogens (tertiary/aromatic N) is 2. The fourth-order valence-electron chi connectivity index (χ4n) is 3.25. The van der Waals surface area contributed by atoms with Crippen molar-refractivity contribution in [3.05, 3.63) is 18.1 Å². The van der Waals surface area contributed by atoms with E-state index in [1.165, 1.54) is 32.0 Å². The van der Waals surface area contributed by atoms with Crippen LogP contribution in [0.25, 0.3) is 0 Å². The first-order valence-electron chi connectivity index (χ1n) is 8.61. The summed E-state index contributed by atoms with van der Waals surface area (Å²) in [7, 11) is 0. The van der Waals surface area contributed by atoms with Gasteiger partial charge in [0.05, 0.1) is 18.7 Å². The van der Waals surface area contributed by atoms with Crippen molar-refractivity contribution < 1.29 is 9.53 Å². The zero-order valence-corrected chi connectivity index (χ0v) is 14.8. The molecule has 5 nitrogen and oxygen atoms in total. The largest absolute Gasteiger partial charge is 0.466 e. The van der Waals surface area contributed by atoms with Gasteiger partial charge >= 0.3 is 5.97 Å². The Morgan fingerprint density at radius 1 is 1.26 bits per heavy atom. The molecule has 1 heterocycles. The Morgan fingerprint density at radius 3 is 2.57 bits per heavy atom. The van der Waals surface area contributed by atoms with Gasteiger partial charge < -0.3 is 10.1 Å². The summed E-state index contributed by atoms with van der Waals surface area (Å²) in [5, 5.41) is 3.50. The summed E-state index contributed by atoms with van der Waals surface area (Å²) in [5.41, 5.74) is 1.09. The average Bonchev–Trinajstić information content (AvgIpc) is 2.47. The number of hydrogen-bond acceptors (Lipinski definition) is 5. The Labute approximate surface area is 139 Å². The molecular weight excluding hydrogens is 290 g/mol. The van der Waals surface area contributed by atoms with E-state index in [4.69, 9.17) is 4.74 Å². The normalized spacial score (nSPS) is 21.7. The van der Waals surface area contributed by atoms with Gasteiger partial charge in [-0.25, -0.2) is 9.97 Å². The standard InChI is InChI=1S/C18H29N3O2/c1-5-23-17(22)11-15-10-16(20-12-19-15)21-14-8-6-13(7-9-14)18(2,3)4/h10,12-14H,5-9,11H2,1-4H3,(H,19,20,21). The molecule has 0 aliphatic heterocycles. The number of nitrogens with one attached hydrogen (secondary N) is 1. The van der Waals surface area contributed by atoms with Gasteiger partial charge in [0.15, 0.2) is 0 Å². The number of hydrogen-bond donors (Lipinski definition) is 1. The summed E-state index contributed by atoms with van der Waals surface area (Å²) in [6, 6.07) is 2.31. The molecule has 5 heteroatoms. The Hall–Kier alpha value is -1.65. The van der Waals surface area contributed by atoms with Gasteiger partial charge in [0.1, 0.15) is 12.1 Å². The van der Waals surface area contributed by atoms with Crippen molar-refractivity contribution in [2.24, 2.45) is 11.3 Å². The Balaban J connectivity index is 1.88. The van der Waals surface area contributed by atoms with Crippen LogP contribution in [0.1, 0.15) is 59.1 Å². The van der Waals surface area contributed by atoms with E-state index in [0.717, 1.165) is 11.7 Å². The first-order chi connectivity index (χ1) is 10.9. The minimum atomic E-state index is -0.247. The lowest BCUT2D eigenvalue weighted by Gasteiger charge is -2.37. The average molecular weight is 319 g/mol. The lowest BCUT2D eigenvalue weighted by molar-refractivity contribution is -0.142. The summed E-state index contributed by atoms with van der Waals surface area (Å²) >= 11 is 0. The van der Waals surface area contributed by atoms with Crippen molar-refractivity contribution >= 4 is 11.8 Å². The molecule has 1 aromatic heterocycles. The smallest absolute Gasteiger partial charge is 0.311 e. The van der Waals surface area contributed by atoms with Crippen LogP contribution >= 0.6 is 0 Å². The molecule has 0 radical (unpaired) electrons. The molecule has 1 aliphatic carbocycles. The van der Waals surface area contributed by atoms with Crippen LogP contribution in [0.15, 0.2) is 12.4 Å². The van der Waals surface area contributed by atoms with Gasteiger partial charge in [-0.3, -0.25) is 4.79 Å². The van der Waals surface area contributed by atoms with Crippen molar-refractivity contribution in [1.82, 2.24) is 9.97 Å². The maximum atomic E-state index is 11.5. The minimum Gasteiger partial charge on any atom is -0.466 e. The molecule has 128 valence electrons. The third-order valence-corrected chi connectivity index (χ3v) is 4.66. The summed E-state index contributed by atoms with van der Waals surface area (Å²) in [4.78, 5) is 20.0. The fraction of sp³-hybridized carbons (Fsp3) is 0.722. The van der Waals surface area contributed by atoms with Gasteiger partial charge in [-0.15, -0.1) is 0 Å². The van der Waals surface area contributed by atoms with Crippen molar-refractivity contribution in [3.63, 3.8) is 0 Å². The summed E-state index contributed by atoms with van der Waals surface area (Å²) in [5.74, 6) is 1.35. The third kappa shape index (κ3) is 5.48. The van der Waals surface area contributed by atoms with E-state index < -0.39 is 0 Å². The van der Waals surface area contributed by atoms with Gasteiger partial charge in [-0.1, -0.05) is 20.8 Å². The lowest BCUT2D eigenvalue weighted by Crippen LogP contribution is -2.31. The molecule has 0 bridgehead atoms. The maximum absolute atomic E-state index is 11.5. The van der Waals surface area contributed by atoms with E-state index >= 15 is 0 Å². The molecule has 0 unspecified atom stereocenters. The second-order valence-corrected chi connectivity index (χ2v) is 7.44. The van der Waals surface area contributed by atoms with Gasteiger partial charge in [0.25, 0.3) is 0 Å². The molecular formula is C18H29N3O2. The molecule has 1 aromatic rings. The van der Waals surface area contributed by atoms with E-state index in [-0.39, 0.29) is 12.4 Å². The van der Waals surface area contributed by atoms with E-state index in [1.807, 2.05) is 6.07 Å². The molecule has 2 rings (SSSR count). The van der Waals surface area contributed by atoms with Crippen molar-refractivity contribution in [2.75, 3.05) is 11.9 Å². The zero-order valence-electron chi connectivity index (χ0n) is 14.8. The van der Waals surface area contributed by atoms with Crippen LogP contribution in [0, 0.1) is 11.3 Å².